The highest BCUT2D eigenvalue weighted by Gasteiger charge is 2.64. The second kappa shape index (κ2) is 7.66. The molecule has 3 aliphatic heterocycles. The molecule has 0 aliphatic carbocycles. The molecule has 10 nitrogen and oxygen atoms in total. The Kier molecular flexibility index (Phi) is 4.77. The summed E-state index contributed by atoms with van der Waals surface area (Å²) >= 11 is 0. The molecule has 33 heavy (non-hydrogen) atoms. The summed E-state index contributed by atoms with van der Waals surface area (Å²) in [7, 11) is 1.52. The van der Waals surface area contributed by atoms with Crippen molar-refractivity contribution >= 4 is 35.2 Å². The summed E-state index contributed by atoms with van der Waals surface area (Å²) < 4.78 is 5.15. The zero-order valence-electron chi connectivity index (χ0n) is 17.4. The number of fused-ring (bicyclic) bond motifs is 3. The summed E-state index contributed by atoms with van der Waals surface area (Å²) in [6.07, 6.45) is 4.97. The van der Waals surface area contributed by atoms with Crippen molar-refractivity contribution in [1.82, 2.24) is 5.01 Å². The topological polar surface area (TPSA) is 122 Å². The number of nitrogens with zero attached hydrogens (tertiary/aromatic N) is 4. The minimum absolute atomic E-state index is 0.152. The van der Waals surface area contributed by atoms with Crippen molar-refractivity contribution in [3.63, 3.8) is 0 Å². The highest BCUT2D eigenvalue weighted by Crippen LogP contribution is 2.46. The summed E-state index contributed by atoms with van der Waals surface area (Å²) in [5, 5.41) is 16.8. The van der Waals surface area contributed by atoms with Gasteiger partial charge >= 0.3 is 0 Å². The van der Waals surface area contributed by atoms with Crippen LogP contribution in [0.25, 0.3) is 0 Å². The lowest BCUT2D eigenvalue weighted by Gasteiger charge is -2.30. The molecule has 2 aromatic carbocycles. The van der Waals surface area contributed by atoms with Gasteiger partial charge in [0.2, 0.25) is 11.8 Å². The van der Waals surface area contributed by atoms with Crippen molar-refractivity contribution in [2.24, 2.45) is 16.9 Å². The predicted octanol–water partition coefficient (Wildman–Crippen LogP) is 2.20. The average molecular weight is 446 g/mol. The van der Waals surface area contributed by atoms with E-state index in [9.17, 15) is 24.5 Å². The number of carbonyl (C=O) groups excluding carboxylic acids is 3. The molecule has 2 saturated heterocycles. The van der Waals surface area contributed by atoms with Crippen LogP contribution in [0.3, 0.4) is 0 Å². The fraction of sp³-hybridized carbons (Fsp3) is 0.217. The number of imide groups is 1. The third kappa shape index (κ3) is 3.10. The van der Waals surface area contributed by atoms with Gasteiger partial charge in [0, 0.05) is 23.9 Å². The van der Waals surface area contributed by atoms with E-state index in [1.165, 1.54) is 42.6 Å². The normalized spacial score (nSPS) is 25.2. The highest BCUT2D eigenvalue weighted by molar-refractivity contribution is 6.24. The molecule has 0 aromatic heterocycles. The van der Waals surface area contributed by atoms with Gasteiger partial charge in [0.25, 0.3) is 5.69 Å². The lowest BCUT2D eigenvalue weighted by atomic mass is 9.86. The highest BCUT2D eigenvalue weighted by atomic mass is 16.6. The third-order valence-electron chi connectivity index (χ3n) is 6.25. The number of non-ortho nitro benzene ring substituents is 1. The van der Waals surface area contributed by atoms with E-state index in [0.29, 0.717) is 11.3 Å². The van der Waals surface area contributed by atoms with E-state index < -0.39 is 40.7 Å². The molecule has 3 heterocycles. The molecule has 2 aromatic rings. The molecule has 166 valence electrons. The van der Waals surface area contributed by atoms with Gasteiger partial charge in [0.1, 0.15) is 11.8 Å². The van der Waals surface area contributed by atoms with E-state index in [4.69, 9.17) is 4.74 Å². The molecule has 2 fully saturated rings. The Hall–Kier alpha value is -4.34. The first kappa shape index (κ1) is 20.6. The third-order valence-corrected chi connectivity index (χ3v) is 6.25. The molecule has 5 rings (SSSR count). The summed E-state index contributed by atoms with van der Waals surface area (Å²) in [5.74, 6) is -2.46. The van der Waals surface area contributed by atoms with Gasteiger partial charge in [-0.3, -0.25) is 29.5 Å². The van der Waals surface area contributed by atoms with Gasteiger partial charge in [0.15, 0.2) is 5.78 Å². The van der Waals surface area contributed by atoms with Gasteiger partial charge < -0.3 is 4.74 Å². The minimum Gasteiger partial charge on any atom is -0.497 e. The first-order valence-corrected chi connectivity index (χ1v) is 10.2. The Morgan fingerprint density at radius 1 is 1.03 bits per heavy atom. The number of hydrazone groups is 1. The van der Waals surface area contributed by atoms with Crippen molar-refractivity contribution in [3.05, 3.63) is 76.4 Å². The molecule has 0 saturated carbocycles. The lowest BCUT2D eigenvalue weighted by molar-refractivity contribution is -0.384. The molecule has 0 bridgehead atoms. The lowest BCUT2D eigenvalue weighted by Crippen LogP contribution is -2.46. The molecule has 0 radical (unpaired) electrons. The van der Waals surface area contributed by atoms with Gasteiger partial charge in [-0.05, 0) is 42.5 Å². The van der Waals surface area contributed by atoms with Crippen LogP contribution in [-0.4, -0.2) is 52.9 Å². The number of amides is 2. The fourth-order valence-electron chi connectivity index (χ4n) is 4.74. The second-order valence-corrected chi connectivity index (χ2v) is 7.89. The molecule has 4 unspecified atom stereocenters. The quantitative estimate of drug-likeness (QED) is 0.299. The number of anilines is 1. The van der Waals surface area contributed by atoms with Gasteiger partial charge in [0.05, 0.1) is 35.6 Å². The van der Waals surface area contributed by atoms with E-state index in [2.05, 4.69) is 5.10 Å². The van der Waals surface area contributed by atoms with E-state index in [0.717, 1.165) is 4.90 Å². The number of nitro groups is 1. The number of methoxy groups -OCH3 is 1. The number of rotatable bonds is 5. The first-order valence-electron chi connectivity index (χ1n) is 10.2. The molecular weight excluding hydrogens is 428 g/mol. The number of ether oxygens (including phenoxy) is 1. The van der Waals surface area contributed by atoms with Crippen molar-refractivity contribution in [2.75, 3.05) is 12.0 Å². The fourth-order valence-corrected chi connectivity index (χ4v) is 4.74. The number of benzene rings is 2. The van der Waals surface area contributed by atoms with Crippen LogP contribution in [0.1, 0.15) is 10.4 Å². The summed E-state index contributed by atoms with van der Waals surface area (Å²) in [5.41, 5.74) is 0.454. The van der Waals surface area contributed by atoms with Crippen LogP contribution >= 0.6 is 0 Å². The van der Waals surface area contributed by atoms with Gasteiger partial charge in [-0.25, -0.2) is 4.90 Å². The van der Waals surface area contributed by atoms with Crippen LogP contribution in [-0.2, 0) is 9.59 Å². The number of nitro benzene ring substituents is 1. The average Bonchev–Trinajstić information content (AvgIpc) is 3.31. The Morgan fingerprint density at radius 3 is 2.33 bits per heavy atom. The summed E-state index contributed by atoms with van der Waals surface area (Å²) in [4.78, 5) is 51.8. The second-order valence-electron chi connectivity index (χ2n) is 7.89. The molecule has 0 N–H and O–H groups in total. The van der Waals surface area contributed by atoms with Crippen LogP contribution in [0.5, 0.6) is 5.75 Å². The van der Waals surface area contributed by atoms with Crippen LogP contribution in [0.15, 0.2) is 65.8 Å². The van der Waals surface area contributed by atoms with Crippen LogP contribution in [0, 0.1) is 22.0 Å². The molecule has 10 heteroatoms. The van der Waals surface area contributed by atoms with Gasteiger partial charge in [-0.15, -0.1) is 0 Å². The summed E-state index contributed by atoms with van der Waals surface area (Å²) in [6, 6.07) is 10.2. The smallest absolute Gasteiger partial charge is 0.269 e. The van der Waals surface area contributed by atoms with Gasteiger partial charge in [-0.1, -0.05) is 6.08 Å². The number of allylic oxidation sites excluding steroid dienone is 1. The zero-order valence-corrected chi connectivity index (χ0v) is 17.4. The molecule has 2 amide bonds. The van der Waals surface area contributed by atoms with E-state index in [1.54, 1.807) is 36.4 Å². The van der Waals surface area contributed by atoms with E-state index >= 15 is 0 Å². The zero-order chi connectivity index (χ0) is 23.3. The minimum atomic E-state index is -0.964. The number of Topliss-reactive ketones (excluding diaryl/α,β-unsaturated/α-hetero) is 1. The number of hydrogen-bond donors (Lipinski definition) is 0. The molecule has 0 spiro atoms. The van der Waals surface area contributed by atoms with Crippen molar-refractivity contribution in [2.45, 2.75) is 12.1 Å². The van der Waals surface area contributed by atoms with Crippen LogP contribution < -0.4 is 9.64 Å². The standard InChI is InChI=1S/C23H18N4O6/c1-33-16-10-4-13(5-11-16)21(28)20-19-18(17-3-2-12-24-26(17)20)22(29)25(23(19)30)14-6-8-15(9-7-14)27(31)32/h2-12,17-20H,1H3. The molecule has 4 atom stereocenters. The van der Waals surface area contributed by atoms with E-state index in [-0.39, 0.29) is 17.2 Å². The first-order chi connectivity index (χ1) is 15.9. The van der Waals surface area contributed by atoms with Crippen molar-refractivity contribution in [3.8, 4) is 5.75 Å². The molecule has 3 aliphatic rings. The number of carbonyl (C=O) groups is 3. The Labute approximate surface area is 187 Å². The number of ketones is 1. The monoisotopic (exact) mass is 446 g/mol. The predicted molar refractivity (Wildman–Crippen MR) is 117 cm³/mol. The Morgan fingerprint density at radius 2 is 1.70 bits per heavy atom. The van der Waals surface area contributed by atoms with Crippen molar-refractivity contribution in [1.29, 1.82) is 0 Å². The number of hydrogen-bond acceptors (Lipinski definition) is 8. The largest absolute Gasteiger partial charge is 0.497 e. The van der Waals surface area contributed by atoms with Crippen LogP contribution in [0.2, 0.25) is 0 Å². The molecular formula is C23H18N4O6. The Balaban J connectivity index is 1.53. The maximum atomic E-state index is 13.5. The van der Waals surface area contributed by atoms with Crippen LogP contribution in [0.4, 0.5) is 11.4 Å². The van der Waals surface area contributed by atoms with Gasteiger partial charge in [-0.2, -0.15) is 5.10 Å². The van der Waals surface area contributed by atoms with E-state index in [1.807, 2.05) is 0 Å². The maximum Gasteiger partial charge on any atom is 0.269 e. The Bertz CT molecular complexity index is 1220. The van der Waals surface area contributed by atoms with Crippen molar-refractivity contribution < 1.29 is 24.0 Å². The SMILES string of the molecule is COc1ccc(C(=O)C2C3C(=O)N(c4ccc([N+](=O)[O-])cc4)C(=O)C3C3C=CC=NN32)cc1. The maximum absolute atomic E-state index is 13.5. The summed E-state index contributed by atoms with van der Waals surface area (Å²) in [6.45, 7) is 0.